The molecule has 0 amide bonds. The lowest BCUT2D eigenvalue weighted by Crippen LogP contribution is -2.49. The number of nitrogens with zero attached hydrogens (tertiary/aromatic N) is 2. The molecule has 0 spiro atoms. The number of rotatable bonds is 11. The molecule has 0 radical (unpaired) electrons. The smallest absolute Gasteiger partial charge is 0.105 e. The summed E-state index contributed by atoms with van der Waals surface area (Å²) in [5.74, 6) is 0. The van der Waals surface area contributed by atoms with Gasteiger partial charge in [-0.2, -0.15) is 5.26 Å². The Kier molecular flexibility index (Phi) is 9.88. The van der Waals surface area contributed by atoms with Gasteiger partial charge >= 0.3 is 0 Å². The Morgan fingerprint density at radius 3 is 2.25 bits per heavy atom. The van der Waals surface area contributed by atoms with Crippen molar-refractivity contribution in [3.05, 3.63) is 0 Å². The number of hydrogen-bond donors (Lipinski definition) is 1. The zero-order valence-corrected chi connectivity index (χ0v) is 14.5. The van der Waals surface area contributed by atoms with E-state index in [-0.39, 0.29) is 0 Å². The van der Waals surface area contributed by atoms with Crippen molar-refractivity contribution in [1.29, 1.82) is 5.26 Å². The maximum Gasteiger partial charge on any atom is 0.105 e. The lowest BCUT2D eigenvalue weighted by molar-refractivity contribution is 0.136. The fraction of sp³-hybridized carbons (Fsp3) is 0.941. The molecule has 0 bridgehead atoms. The third kappa shape index (κ3) is 7.26. The minimum atomic E-state index is -0.409. The second-order valence-electron chi connectivity index (χ2n) is 6.46. The fourth-order valence-electron chi connectivity index (χ4n) is 2.80. The van der Waals surface area contributed by atoms with Crippen LogP contribution in [-0.4, -0.2) is 35.6 Å². The van der Waals surface area contributed by atoms with E-state index in [0.717, 1.165) is 25.9 Å². The molecule has 20 heavy (non-hydrogen) atoms. The Balaban J connectivity index is 4.56. The molecule has 1 N–H and O–H groups in total. The van der Waals surface area contributed by atoms with E-state index in [4.69, 9.17) is 0 Å². The van der Waals surface area contributed by atoms with Crippen LogP contribution in [0.2, 0.25) is 0 Å². The van der Waals surface area contributed by atoms with Gasteiger partial charge in [0, 0.05) is 12.1 Å². The molecule has 3 heteroatoms. The molecule has 0 rings (SSSR count). The van der Waals surface area contributed by atoms with Crippen molar-refractivity contribution < 1.29 is 0 Å². The van der Waals surface area contributed by atoms with Gasteiger partial charge < -0.3 is 0 Å². The van der Waals surface area contributed by atoms with Crippen molar-refractivity contribution >= 4 is 0 Å². The highest BCUT2D eigenvalue weighted by atomic mass is 15.2. The van der Waals surface area contributed by atoms with Crippen LogP contribution in [0.25, 0.3) is 0 Å². The highest BCUT2D eigenvalue weighted by Crippen LogP contribution is 2.18. The van der Waals surface area contributed by atoms with Crippen LogP contribution in [0, 0.1) is 11.3 Å². The van der Waals surface area contributed by atoms with E-state index in [0.29, 0.717) is 12.1 Å². The predicted molar refractivity (Wildman–Crippen MR) is 87.8 cm³/mol. The second-order valence-corrected chi connectivity index (χ2v) is 6.46. The highest BCUT2D eigenvalue weighted by Gasteiger charge is 2.28. The van der Waals surface area contributed by atoms with Gasteiger partial charge in [0.15, 0.2) is 0 Å². The van der Waals surface area contributed by atoms with Crippen LogP contribution in [0.1, 0.15) is 73.6 Å². The van der Waals surface area contributed by atoms with E-state index in [2.05, 4.69) is 50.9 Å². The van der Waals surface area contributed by atoms with Gasteiger partial charge in [-0.05, 0) is 60.0 Å². The van der Waals surface area contributed by atoms with Crippen molar-refractivity contribution in [2.75, 3.05) is 13.1 Å². The van der Waals surface area contributed by atoms with E-state index in [1.807, 2.05) is 6.92 Å². The topological polar surface area (TPSA) is 39.1 Å². The Morgan fingerprint density at radius 1 is 1.15 bits per heavy atom. The van der Waals surface area contributed by atoms with Gasteiger partial charge in [-0.3, -0.25) is 10.2 Å². The molecular formula is C17H35N3. The molecule has 0 fully saturated rings. The molecule has 0 aromatic carbocycles. The summed E-state index contributed by atoms with van der Waals surface area (Å²) in [6.07, 6.45) is 5.75. The monoisotopic (exact) mass is 281 g/mol. The predicted octanol–water partition coefficient (Wildman–Crippen LogP) is 3.95. The van der Waals surface area contributed by atoms with Gasteiger partial charge in [0.2, 0.25) is 0 Å². The Bertz CT molecular complexity index is 282. The Hall–Kier alpha value is -0.590. The first-order valence-corrected chi connectivity index (χ1v) is 8.32. The van der Waals surface area contributed by atoms with E-state index >= 15 is 0 Å². The van der Waals surface area contributed by atoms with Gasteiger partial charge in [-0.15, -0.1) is 0 Å². The minimum absolute atomic E-state index is 0.409. The molecule has 0 aromatic rings. The van der Waals surface area contributed by atoms with Crippen molar-refractivity contribution in [2.24, 2.45) is 0 Å². The van der Waals surface area contributed by atoms with Gasteiger partial charge in [0.25, 0.3) is 0 Å². The summed E-state index contributed by atoms with van der Waals surface area (Å²) in [5.41, 5.74) is -0.409. The average Bonchev–Trinajstić information content (AvgIpc) is 2.40. The molecule has 2 unspecified atom stereocenters. The zero-order chi connectivity index (χ0) is 15.6. The van der Waals surface area contributed by atoms with Crippen LogP contribution in [-0.2, 0) is 0 Å². The van der Waals surface area contributed by atoms with Crippen LogP contribution < -0.4 is 5.32 Å². The second kappa shape index (κ2) is 10.2. The lowest BCUT2D eigenvalue weighted by Gasteiger charge is -2.36. The number of nitriles is 1. The zero-order valence-electron chi connectivity index (χ0n) is 14.5. The number of unbranched alkanes of at least 4 members (excludes halogenated alkanes) is 2. The molecular weight excluding hydrogens is 246 g/mol. The first-order valence-electron chi connectivity index (χ1n) is 8.32. The molecule has 0 saturated heterocycles. The molecule has 2 atom stereocenters. The van der Waals surface area contributed by atoms with Crippen molar-refractivity contribution in [3.8, 4) is 6.07 Å². The number of nitrogens with one attached hydrogen (secondary N) is 1. The summed E-state index contributed by atoms with van der Waals surface area (Å²) in [6, 6.07) is 3.44. The van der Waals surface area contributed by atoms with Crippen LogP contribution >= 0.6 is 0 Å². The molecule has 118 valence electrons. The molecule has 0 heterocycles. The van der Waals surface area contributed by atoms with Crippen molar-refractivity contribution in [1.82, 2.24) is 10.2 Å². The van der Waals surface area contributed by atoms with Crippen molar-refractivity contribution in [3.63, 3.8) is 0 Å². The first kappa shape index (κ1) is 19.4. The summed E-state index contributed by atoms with van der Waals surface area (Å²) in [4.78, 5) is 2.54. The van der Waals surface area contributed by atoms with Crippen molar-refractivity contribution in [2.45, 2.75) is 91.3 Å². The molecule has 0 aromatic heterocycles. The lowest BCUT2D eigenvalue weighted by atomic mass is 9.93. The SMILES string of the molecule is CCCCCN(C(C)C)C(C)CC(C)(C#N)NCCC. The summed E-state index contributed by atoms with van der Waals surface area (Å²) in [5, 5.41) is 12.9. The molecule has 0 aliphatic rings. The normalized spacial score (nSPS) is 16.1. The summed E-state index contributed by atoms with van der Waals surface area (Å²) >= 11 is 0. The summed E-state index contributed by atoms with van der Waals surface area (Å²) < 4.78 is 0. The van der Waals surface area contributed by atoms with E-state index < -0.39 is 5.54 Å². The number of hydrogen-bond acceptors (Lipinski definition) is 3. The minimum Gasteiger partial charge on any atom is -0.300 e. The largest absolute Gasteiger partial charge is 0.300 e. The molecule has 0 aliphatic heterocycles. The third-order valence-corrected chi connectivity index (χ3v) is 3.96. The van der Waals surface area contributed by atoms with Gasteiger partial charge in [-0.25, -0.2) is 0 Å². The fourth-order valence-corrected chi connectivity index (χ4v) is 2.80. The van der Waals surface area contributed by atoms with E-state index in [9.17, 15) is 5.26 Å². The standard InChI is InChI=1S/C17H35N3/c1-7-9-10-12-20(15(3)4)16(5)13-17(6,14-18)19-11-8-2/h15-16,19H,7-13H2,1-6H3. The van der Waals surface area contributed by atoms with Crippen LogP contribution in [0.4, 0.5) is 0 Å². The highest BCUT2D eigenvalue weighted by molar-refractivity contribution is 5.05. The molecule has 0 saturated carbocycles. The van der Waals surface area contributed by atoms with E-state index in [1.54, 1.807) is 0 Å². The van der Waals surface area contributed by atoms with Crippen LogP contribution in [0.3, 0.4) is 0 Å². The summed E-state index contributed by atoms with van der Waals surface area (Å²) in [6.45, 7) is 15.2. The van der Waals surface area contributed by atoms with E-state index in [1.165, 1.54) is 19.3 Å². The molecule has 0 aliphatic carbocycles. The van der Waals surface area contributed by atoms with Gasteiger partial charge in [-0.1, -0.05) is 26.7 Å². The van der Waals surface area contributed by atoms with Gasteiger partial charge in [0.05, 0.1) is 6.07 Å². The average molecular weight is 281 g/mol. The summed E-state index contributed by atoms with van der Waals surface area (Å²) in [7, 11) is 0. The first-order chi connectivity index (χ1) is 9.40. The third-order valence-electron chi connectivity index (χ3n) is 3.96. The quantitative estimate of drug-likeness (QED) is 0.583. The Labute approximate surface area is 126 Å². The maximum atomic E-state index is 9.46. The maximum absolute atomic E-state index is 9.46. The van der Waals surface area contributed by atoms with Crippen LogP contribution in [0.5, 0.6) is 0 Å². The Morgan fingerprint density at radius 2 is 1.80 bits per heavy atom. The van der Waals surface area contributed by atoms with Crippen LogP contribution in [0.15, 0.2) is 0 Å². The molecule has 3 nitrogen and oxygen atoms in total. The van der Waals surface area contributed by atoms with Gasteiger partial charge in [0.1, 0.15) is 5.54 Å².